The first-order valence-electron chi connectivity index (χ1n) is 6.94. The van der Waals surface area contributed by atoms with Gasteiger partial charge in [-0.15, -0.1) is 0 Å². The average molecular weight is 318 g/mol. The van der Waals surface area contributed by atoms with Crippen LogP contribution in [0.2, 0.25) is 0 Å². The van der Waals surface area contributed by atoms with Gasteiger partial charge in [-0.25, -0.2) is 9.59 Å². The van der Waals surface area contributed by atoms with Gasteiger partial charge in [0.05, 0.1) is 19.8 Å². The van der Waals surface area contributed by atoms with E-state index in [0.717, 1.165) is 4.90 Å². The maximum Gasteiger partial charge on any atom is 0.337 e. The lowest BCUT2D eigenvalue weighted by Crippen LogP contribution is -2.50. The summed E-state index contributed by atoms with van der Waals surface area (Å²) in [5.74, 6) is -0.449. The van der Waals surface area contributed by atoms with Gasteiger partial charge in [0.1, 0.15) is 11.8 Å². The van der Waals surface area contributed by atoms with Crippen LogP contribution < -0.4 is 10.1 Å². The van der Waals surface area contributed by atoms with E-state index in [2.05, 4.69) is 5.32 Å². The number of imide groups is 1. The van der Waals surface area contributed by atoms with Crippen molar-refractivity contribution in [3.63, 3.8) is 0 Å². The van der Waals surface area contributed by atoms with E-state index in [1.54, 1.807) is 31.2 Å². The Balaban J connectivity index is 2.61. The number of urea groups is 1. The van der Waals surface area contributed by atoms with Gasteiger partial charge >= 0.3 is 12.0 Å². The molecule has 1 aliphatic heterocycles. The quantitative estimate of drug-likeness (QED) is 0.858. The van der Waals surface area contributed by atoms with Crippen molar-refractivity contribution in [2.45, 2.75) is 19.9 Å². The van der Waals surface area contributed by atoms with Gasteiger partial charge < -0.3 is 14.8 Å². The van der Waals surface area contributed by atoms with Crippen molar-refractivity contribution in [1.82, 2.24) is 10.2 Å². The predicted octanol–water partition coefficient (Wildman–Crippen LogP) is 1.76. The highest BCUT2D eigenvalue weighted by atomic mass is 16.5. The summed E-state index contributed by atoms with van der Waals surface area (Å²) in [7, 11) is 2.79. The van der Waals surface area contributed by atoms with Gasteiger partial charge in [0, 0.05) is 12.6 Å². The third-order valence-corrected chi connectivity index (χ3v) is 3.62. The van der Waals surface area contributed by atoms with Crippen LogP contribution in [0.15, 0.2) is 35.5 Å². The van der Waals surface area contributed by atoms with Gasteiger partial charge in [-0.2, -0.15) is 0 Å². The van der Waals surface area contributed by atoms with Crippen LogP contribution in [0.4, 0.5) is 4.79 Å². The summed E-state index contributed by atoms with van der Waals surface area (Å²) in [6, 6.07) is 5.38. The second kappa shape index (κ2) is 6.51. The van der Waals surface area contributed by atoms with E-state index in [0.29, 0.717) is 17.0 Å². The molecule has 0 spiro atoms. The second-order valence-electron chi connectivity index (χ2n) is 5.03. The Morgan fingerprint density at radius 2 is 1.78 bits per heavy atom. The monoisotopic (exact) mass is 318 g/mol. The Hall–Kier alpha value is -2.83. The Labute approximate surface area is 133 Å². The van der Waals surface area contributed by atoms with Crippen LogP contribution in [0.1, 0.15) is 25.5 Å². The van der Waals surface area contributed by atoms with Crippen molar-refractivity contribution in [2.75, 3.05) is 14.2 Å². The van der Waals surface area contributed by atoms with Crippen molar-refractivity contribution >= 4 is 17.9 Å². The van der Waals surface area contributed by atoms with Crippen molar-refractivity contribution in [3.8, 4) is 5.75 Å². The van der Waals surface area contributed by atoms with Crippen LogP contribution in [0.25, 0.3) is 0 Å². The molecule has 0 saturated carbocycles. The molecule has 0 aromatic heterocycles. The molecule has 7 heteroatoms. The van der Waals surface area contributed by atoms with Crippen LogP contribution in [-0.4, -0.2) is 37.0 Å². The number of carbonyl (C=O) groups is 3. The summed E-state index contributed by atoms with van der Waals surface area (Å²) < 4.78 is 9.91. The SMILES string of the molecule is COC(=O)C1=C(C)NC(=O)N(C(C)=O)[C@H]1c1ccc(OC)cc1. The number of esters is 1. The Bertz CT molecular complexity index is 678. The van der Waals surface area contributed by atoms with Crippen LogP contribution in [-0.2, 0) is 14.3 Å². The molecule has 1 aliphatic rings. The molecule has 2 rings (SSSR count). The van der Waals surface area contributed by atoms with Gasteiger partial charge in [0.25, 0.3) is 0 Å². The van der Waals surface area contributed by atoms with E-state index in [9.17, 15) is 14.4 Å². The first-order chi connectivity index (χ1) is 10.9. The lowest BCUT2D eigenvalue weighted by Gasteiger charge is -2.35. The molecule has 1 heterocycles. The van der Waals surface area contributed by atoms with Crippen molar-refractivity contribution in [1.29, 1.82) is 0 Å². The van der Waals surface area contributed by atoms with E-state index >= 15 is 0 Å². The van der Waals surface area contributed by atoms with Gasteiger partial charge in [0.2, 0.25) is 5.91 Å². The van der Waals surface area contributed by atoms with Crippen LogP contribution in [0.3, 0.4) is 0 Å². The molecule has 0 saturated heterocycles. The predicted molar refractivity (Wildman–Crippen MR) is 81.5 cm³/mol. The highest BCUT2D eigenvalue weighted by Gasteiger charge is 2.40. The van der Waals surface area contributed by atoms with Gasteiger partial charge in [0.15, 0.2) is 0 Å². The number of methoxy groups -OCH3 is 2. The molecule has 1 aromatic rings. The normalized spacial score (nSPS) is 17.7. The molecule has 3 amide bonds. The summed E-state index contributed by atoms with van der Waals surface area (Å²) in [5.41, 5.74) is 1.18. The van der Waals surface area contributed by atoms with Crippen LogP contribution in [0.5, 0.6) is 5.75 Å². The molecule has 0 radical (unpaired) electrons. The maximum absolute atomic E-state index is 12.2. The fourth-order valence-corrected chi connectivity index (χ4v) is 2.54. The number of nitrogens with one attached hydrogen (secondary N) is 1. The minimum atomic E-state index is -0.848. The molecule has 0 aliphatic carbocycles. The van der Waals surface area contributed by atoms with E-state index in [4.69, 9.17) is 9.47 Å². The molecule has 122 valence electrons. The van der Waals surface area contributed by atoms with Gasteiger partial charge in [-0.3, -0.25) is 9.69 Å². The number of allylic oxidation sites excluding steroid dienone is 1. The molecule has 23 heavy (non-hydrogen) atoms. The molecule has 0 unspecified atom stereocenters. The number of hydrogen-bond donors (Lipinski definition) is 1. The average Bonchev–Trinajstić information content (AvgIpc) is 2.53. The smallest absolute Gasteiger partial charge is 0.337 e. The van der Waals surface area contributed by atoms with Crippen molar-refractivity contribution < 1.29 is 23.9 Å². The first kappa shape index (κ1) is 16.5. The fourth-order valence-electron chi connectivity index (χ4n) is 2.54. The van der Waals surface area contributed by atoms with E-state index in [-0.39, 0.29) is 5.57 Å². The summed E-state index contributed by atoms with van der Waals surface area (Å²) in [4.78, 5) is 37.3. The zero-order chi connectivity index (χ0) is 17.1. The molecule has 1 aromatic carbocycles. The van der Waals surface area contributed by atoms with Crippen molar-refractivity contribution in [2.24, 2.45) is 0 Å². The molecule has 7 nitrogen and oxygen atoms in total. The third-order valence-electron chi connectivity index (χ3n) is 3.62. The topological polar surface area (TPSA) is 84.9 Å². The van der Waals surface area contributed by atoms with E-state index in [1.807, 2.05) is 0 Å². The summed E-state index contributed by atoms with van der Waals surface area (Å²) in [5, 5.41) is 2.52. The summed E-state index contributed by atoms with van der Waals surface area (Å²) in [6.45, 7) is 2.86. The molecular weight excluding hydrogens is 300 g/mol. The Morgan fingerprint density at radius 3 is 2.26 bits per heavy atom. The summed E-state index contributed by atoms with van der Waals surface area (Å²) in [6.07, 6.45) is 0. The number of ether oxygens (including phenoxy) is 2. The van der Waals surface area contributed by atoms with Crippen LogP contribution in [0, 0.1) is 0 Å². The highest BCUT2D eigenvalue weighted by Crippen LogP contribution is 2.34. The largest absolute Gasteiger partial charge is 0.497 e. The zero-order valence-corrected chi connectivity index (χ0v) is 13.4. The molecule has 1 N–H and O–H groups in total. The number of nitrogens with zero attached hydrogens (tertiary/aromatic N) is 1. The highest BCUT2D eigenvalue weighted by molar-refractivity contribution is 6.01. The zero-order valence-electron chi connectivity index (χ0n) is 13.4. The molecular formula is C16H18N2O5. The second-order valence-corrected chi connectivity index (χ2v) is 5.03. The molecule has 0 fully saturated rings. The third kappa shape index (κ3) is 3.03. The lowest BCUT2D eigenvalue weighted by atomic mass is 9.93. The standard InChI is InChI=1S/C16H18N2O5/c1-9-13(15(20)23-4)14(18(10(2)19)16(21)17-9)11-5-7-12(22-3)8-6-11/h5-8,14H,1-4H3,(H,17,21)/t14-/m0/s1. The number of amides is 3. The minimum Gasteiger partial charge on any atom is -0.497 e. The number of rotatable bonds is 3. The Kier molecular flexibility index (Phi) is 4.68. The lowest BCUT2D eigenvalue weighted by molar-refractivity contribution is -0.137. The fraction of sp³-hybridized carbons (Fsp3) is 0.312. The number of benzene rings is 1. The Morgan fingerprint density at radius 1 is 1.17 bits per heavy atom. The molecule has 0 bridgehead atoms. The van der Waals surface area contributed by atoms with E-state index < -0.39 is 23.9 Å². The summed E-state index contributed by atoms with van der Waals surface area (Å²) >= 11 is 0. The number of hydrogen-bond acceptors (Lipinski definition) is 5. The van der Waals surface area contributed by atoms with Gasteiger partial charge in [-0.1, -0.05) is 12.1 Å². The first-order valence-corrected chi connectivity index (χ1v) is 6.94. The van der Waals surface area contributed by atoms with Crippen LogP contribution >= 0.6 is 0 Å². The maximum atomic E-state index is 12.2. The van der Waals surface area contributed by atoms with Gasteiger partial charge in [-0.05, 0) is 24.6 Å². The molecule has 1 atom stereocenters. The minimum absolute atomic E-state index is 0.215. The van der Waals surface area contributed by atoms with Crippen molar-refractivity contribution in [3.05, 3.63) is 41.1 Å². The van der Waals surface area contributed by atoms with E-state index in [1.165, 1.54) is 21.1 Å². The number of carbonyl (C=O) groups excluding carboxylic acids is 3.